The van der Waals surface area contributed by atoms with Crippen LogP contribution in [0.3, 0.4) is 0 Å². The number of oxazole rings is 1. The highest BCUT2D eigenvalue weighted by atomic mass is 32.1. The molecule has 0 radical (unpaired) electrons. The lowest BCUT2D eigenvalue weighted by Gasteiger charge is -2.05. The maximum absolute atomic E-state index is 12.2. The molecule has 0 fully saturated rings. The number of hydrogen-bond acceptors (Lipinski definition) is 6. The summed E-state index contributed by atoms with van der Waals surface area (Å²) in [7, 11) is 0. The van der Waals surface area contributed by atoms with Gasteiger partial charge in [-0.05, 0) is 25.3 Å². The Morgan fingerprint density at radius 2 is 2.00 bits per heavy atom. The van der Waals surface area contributed by atoms with Crippen molar-refractivity contribution in [2.24, 2.45) is 0 Å². The Morgan fingerprint density at radius 3 is 2.69 bits per heavy atom. The van der Waals surface area contributed by atoms with Crippen molar-refractivity contribution in [2.45, 2.75) is 46.5 Å². The first-order valence-electron chi connectivity index (χ1n) is 9.58. The molecule has 0 aliphatic carbocycles. The van der Waals surface area contributed by atoms with Crippen molar-refractivity contribution in [1.29, 1.82) is 0 Å². The normalized spacial score (nSPS) is 11.5. The van der Waals surface area contributed by atoms with Gasteiger partial charge in [0.05, 0.1) is 11.9 Å². The van der Waals surface area contributed by atoms with Gasteiger partial charge in [-0.15, -0.1) is 5.10 Å². The van der Waals surface area contributed by atoms with E-state index in [9.17, 15) is 4.79 Å². The van der Waals surface area contributed by atoms with E-state index in [0.29, 0.717) is 29.9 Å². The minimum absolute atomic E-state index is 0.168. The first kappa shape index (κ1) is 19.3. The number of fused-ring (bicyclic) bond motifs is 1. The molecule has 0 unspecified atom stereocenters. The van der Waals surface area contributed by atoms with Gasteiger partial charge in [0.2, 0.25) is 16.8 Å². The number of thiazole rings is 1. The first-order valence-corrected chi connectivity index (χ1v) is 10.4. The van der Waals surface area contributed by atoms with Gasteiger partial charge in [-0.1, -0.05) is 49.4 Å². The highest BCUT2D eigenvalue weighted by Gasteiger charge is 2.14. The van der Waals surface area contributed by atoms with E-state index in [2.05, 4.69) is 46.4 Å². The third kappa shape index (κ3) is 4.07. The highest BCUT2D eigenvalue weighted by molar-refractivity contribution is 7.17. The number of rotatable bonds is 6. The van der Waals surface area contributed by atoms with Crippen molar-refractivity contribution in [3.8, 4) is 11.3 Å². The third-order valence-corrected chi connectivity index (χ3v) is 5.93. The van der Waals surface area contributed by atoms with E-state index in [1.165, 1.54) is 5.56 Å². The van der Waals surface area contributed by atoms with E-state index < -0.39 is 0 Å². The summed E-state index contributed by atoms with van der Waals surface area (Å²) in [5, 5.41) is 7.08. The molecule has 0 atom stereocenters. The summed E-state index contributed by atoms with van der Waals surface area (Å²) in [4.78, 5) is 22.8. The Morgan fingerprint density at radius 1 is 1.24 bits per heavy atom. The van der Waals surface area contributed by atoms with E-state index in [0.717, 1.165) is 21.1 Å². The second kappa shape index (κ2) is 7.79. The second-order valence-corrected chi connectivity index (χ2v) is 8.50. The summed E-state index contributed by atoms with van der Waals surface area (Å²) in [6.45, 7) is 8.34. The van der Waals surface area contributed by atoms with Gasteiger partial charge in [-0.25, -0.2) is 9.50 Å². The van der Waals surface area contributed by atoms with Gasteiger partial charge >= 0.3 is 0 Å². The van der Waals surface area contributed by atoms with E-state index in [4.69, 9.17) is 4.42 Å². The molecule has 150 valence electrons. The fraction of sp³-hybridized carbons (Fsp3) is 0.333. The first-order chi connectivity index (χ1) is 13.9. The van der Waals surface area contributed by atoms with Crippen LogP contribution >= 0.6 is 11.3 Å². The molecule has 1 amide bonds. The molecule has 4 aromatic rings. The van der Waals surface area contributed by atoms with Crippen molar-refractivity contribution in [3.05, 3.63) is 52.5 Å². The smallest absolute Gasteiger partial charge is 0.250 e. The zero-order valence-corrected chi connectivity index (χ0v) is 17.7. The van der Waals surface area contributed by atoms with Crippen LogP contribution < -0.4 is 5.32 Å². The Hall–Kier alpha value is -3.00. The van der Waals surface area contributed by atoms with Crippen molar-refractivity contribution >= 4 is 28.2 Å². The van der Waals surface area contributed by atoms with Crippen LogP contribution in [0.15, 0.2) is 34.9 Å². The number of carbonyl (C=O) groups is 1. The fourth-order valence-corrected chi connectivity index (χ4v) is 3.90. The van der Waals surface area contributed by atoms with Gasteiger partial charge in [-0.3, -0.25) is 10.1 Å². The van der Waals surface area contributed by atoms with Gasteiger partial charge < -0.3 is 4.42 Å². The average molecular weight is 410 g/mol. The number of carbonyl (C=O) groups excluding carboxylic acids is 1. The van der Waals surface area contributed by atoms with Crippen LogP contribution in [0.1, 0.15) is 48.2 Å². The molecule has 1 aromatic carbocycles. The lowest BCUT2D eigenvalue weighted by molar-refractivity contribution is -0.116. The molecule has 0 aliphatic rings. The summed E-state index contributed by atoms with van der Waals surface area (Å²) in [6, 6.07) is 8.27. The summed E-state index contributed by atoms with van der Waals surface area (Å²) in [5.74, 6) is 1.88. The van der Waals surface area contributed by atoms with E-state index in [1.807, 2.05) is 26.0 Å². The molecule has 1 N–H and O–H groups in total. The molecule has 3 heterocycles. The number of nitrogens with one attached hydrogen (secondary N) is 1. The van der Waals surface area contributed by atoms with Crippen molar-refractivity contribution in [3.63, 3.8) is 0 Å². The minimum Gasteiger partial charge on any atom is -0.441 e. The van der Waals surface area contributed by atoms with Crippen LogP contribution in [0, 0.1) is 13.8 Å². The molecular weight excluding hydrogens is 386 g/mol. The van der Waals surface area contributed by atoms with E-state index in [-0.39, 0.29) is 12.3 Å². The van der Waals surface area contributed by atoms with Gasteiger partial charge in [0.1, 0.15) is 0 Å². The van der Waals surface area contributed by atoms with Crippen LogP contribution in [0.4, 0.5) is 5.95 Å². The van der Waals surface area contributed by atoms with Crippen LogP contribution in [-0.2, 0) is 11.2 Å². The largest absolute Gasteiger partial charge is 0.441 e. The number of anilines is 1. The molecular formula is C21H23N5O2S. The van der Waals surface area contributed by atoms with Gasteiger partial charge in [0.25, 0.3) is 0 Å². The van der Waals surface area contributed by atoms with E-state index >= 15 is 0 Å². The summed E-state index contributed by atoms with van der Waals surface area (Å²) < 4.78 is 7.56. The summed E-state index contributed by atoms with van der Waals surface area (Å²) in [6.07, 6.45) is 2.36. The molecule has 8 heteroatoms. The molecule has 0 saturated heterocycles. The molecule has 0 aliphatic heterocycles. The Kier molecular flexibility index (Phi) is 5.19. The zero-order chi connectivity index (χ0) is 20.5. The Labute approximate surface area is 172 Å². The molecule has 0 spiro atoms. The minimum atomic E-state index is -0.168. The van der Waals surface area contributed by atoms with Crippen molar-refractivity contribution in [1.82, 2.24) is 19.6 Å². The average Bonchev–Trinajstić information content (AvgIpc) is 3.38. The van der Waals surface area contributed by atoms with Crippen LogP contribution in [0.25, 0.3) is 16.3 Å². The lowest BCUT2D eigenvalue weighted by Crippen LogP contribution is -2.13. The van der Waals surface area contributed by atoms with Crippen molar-refractivity contribution < 1.29 is 9.21 Å². The quantitative estimate of drug-likeness (QED) is 0.496. The maximum atomic E-state index is 12.2. The fourth-order valence-electron chi connectivity index (χ4n) is 2.99. The van der Waals surface area contributed by atoms with Gasteiger partial charge in [-0.2, -0.15) is 4.98 Å². The number of amides is 1. The number of benzene rings is 1. The second-order valence-electron chi connectivity index (χ2n) is 7.32. The SMILES string of the molecule is Cc1sc2nc(NC(=O)CCc3ncc(-c4ccc(C(C)C)cc4)o3)nn2c1C. The standard InChI is InChI=1S/C21H23N5O2S/c1-12(2)15-5-7-16(8-6-15)17-11-22-19(28-17)10-9-18(27)23-20-24-21-26(25-20)13(3)14(4)29-21/h5-8,11-12H,9-10H2,1-4H3,(H,23,25,27). The zero-order valence-electron chi connectivity index (χ0n) is 16.9. The topological polar surface area (TPSA) is 85.3 Å². The number of aryl methyl sites for hydroxylation is 3. The van der Waals surface area contributed by atoms with Crippen molar-refractivity contribution in [2.75, 3.05) is 5.32 Å². The third-order valence-electron chi connectivity index (χ3n) is 4.88. The Bertz CT molecular complexity index is 1150. The lowest BCUT2D eigenvalue weighted by atomic mass is 10.0. The highest BCUT2D eigenvalue weighted by Crippen LogP contribution is 2.24. The maximum Gasteiger partial charge on any atom is 0.250 e. The van der Waals surface area contributed by atoms with Gasteiger partial charge in [0, 0.05) is 23.3 Å². The summed E-state index contributed by atoms with van der Waals surface area (Å²) in [5.41, 5.74) is 3.29. The van der Waals surface area contributed by atoms with Gasteiger partial charge in [0.15, 0.2) is 11.7 Å². The number of hydrogen-bond donors (Lipinski definition) is 1. The van der Waals surface area contributed by atoms with E-state index in [1.54, 1.807) is 22.0 Å². The molecule has 0 bridgehead atoms. The Balaban J connectivity index is 1.35. The summed E-state index contributed by atoms with van der Waals surface area (Å²) >= 11 is 1.55. The van der Waals surface area contributed by atoms with Crippen LogP contribution in [0.2, 0.25) is 0 Å². The predicted octanol–water partition coefficient (Wildman–Crippen LogP) is 4.76. The molecule has 7 nitrogen and oxygen atoms in total. The number of nitrogens with zero attached hydrogens (tertiary/aromatic N) is 4. The van der Waals surface area contributed by atoms with Crippen LogP contribution in [-0.4, -0.2) is 25.5 Å². The predicted molar refractivity (Wildman–Crippen MR) is 113 cm³/mol. The van der Waals surface area contributed by atoms with Crippen LogP contribution in [0.5, 0.6) is 0 Å². The molecule has 4 rings (SSSR count). The molecule has 3 aromatic heterocycles. The molecule has 0 saturated carbocycles. The monoisotopic (exact) mass is 409 g/mol. The number of aromatic nitrogens is 4. The molecule has 29 heavy (non-hydrogen) atoms.